The summed E-state index contributed by atoms with van der Waals surface area (Å²) in [5.41, 5.74) is 2.87. The quantitative estimate of drug-likeness (QED) is 0.858. The molecule has 0 atom stereocenters. The molecule has 0 saturated heterocycles. The van der Waals surface area contributed by atoms with E-state index in [1.165, 1.54) is 18.4 Å². The number of carboxylic acid groups (broad SMARTS) is 1. The van der Waals surface area contributed by atoms with Crippen molar-refractivity contribution in [1.82, 2.24) is 0 Å². The van der Waals surface area contributed by atoms with Crippen molar-refractivity contribution in [2.45, 2.75) is 25.2 Å². The van der Waals surface area contributed by atoms with E-state index in [9.17, 15) is 4.79 Å². The summed E-state index contributed by atoms with van der Waals surface area (Å²) in [7, 11) is 0. The van der Waals surface area contributed by atoms with E-state index in [0.717, 1.165) is 16.5 Å². The number of furan rings is 1. The van der Waals surface area contributed by atoms with Gasteiger partial charge in [0.1, 0.15) is 5.58 Å². The average molecular weight is 216 g/mol. The van der Waals surface area contributed by atoms with E-state index >= 15 is 0 Å². The molecule has 16 heavy (non-hydrogen) atoms. The molecule has 0 amide bonds. The maximum absolute atomic E-state index is 10.6. The highest BCUT2D eigenvalue weighted by Crippen LogP contribution is 2.43. The van der Waals surface area contributed by atoms with E-state index in [1.54, 1.807) is 0 Å². The Hall–Kier alpha value is -1.77. The van der Waals surface area contributed by atoms with Crippen molar-refractivity contribution in [3.05, 3.63) is 35.6 Å². The predicted octanol–water partition coefficient (Wildman–Crippen LogP) is 2.94. The molecule has 1 aliphatic carbocycles. The Kier molecular flexibility index (Phi) is 1.99. The van der Waals surface area contributed by atoms with Gasteiger partial charge >= 0.3 is 5.97 Å². The normalized spacial score (nSPS) is 15.5. The zero-order chi connectivity index (χ0) is 11.1. The lowest BCUT2D eigenvalue weighted by Gasteiger charge is -1.97. The van der Waals surface area contributed by atoms with Crippen LogP contribution in [0.5, 0.6) is 0 Å². The van der Waals surface area contributed by atoms with Crippen molar-refractivity contribution in [3.63, 3.8) is 0 Å². The molecule has 1 aliphatic rings. The van der Waals surface area contributed by atoms with E-state index < -0.39 is 5.97 Å². The van der Waals surface area contributed by atoms with Gasteiger partial charge < -0.3 is 9.52 Å². The van der Waals surface area contributed by atoms with Gasteiger partial charge in [0.15, 0.2) is 0 Å². The lowest BCUT2D eigenvalue weighted by molar-refractivity contribution is -0.136. The Bertz CT molecular complexity index is 549. The summed E-state index contributed by atoms with van der Waals surface area (Å²) in [5.74, 6) is -0.153. The number of rotatable bonds is 3. The van der Waals surface area contributed by atoms with Gasteiger partial charge in [-0.1, -0.05) is 12.1 Å². The monoisotopic (exact) mass is 216 g/mol. The number of aliphatic carboxylic acids is 1. The first-order chi connectivity index (χ1) is 7.74. The van der Waals surface area contributed by atoms with Crippen LogP contribution in [-0.4, -0.2) is 11.1 Å². The number of hydrogen-bond acceptors (Lipinski definition) is 2. The summed E-state index contributed by atoms with van der Waals surface area (Å²) in [5, 5.41) is 9.85. The Morgan fingerprint density at radius 1 is 1.44 bits per heavy atom. The summed E-state index contributed by atoms with van der Waals surface area (Å²) in [6.07, 6.45) is 4.35. The molecule has 1 aromatic heterocycles. The second-order valence-corrected chi connectivity index (χ2v) is 4.37. The molecular weight excluding hydrogens is 204 g/mol. The Balaban J connectivity index is 2.02. The molecule has 0 aliphatic heterocycles. The van der Waals surface area contributed by atoms with Crippen molar-refractivity contribution in [2.75, 3.05) is 0 Å². The molecule has 0 bridgehead atoms. The Labute approximate surface area is 92.7 Å². The van der Waals surface area contributed by atoms with Crippen molar-refractivity contribution < 1.29 is 14.3 Å². The number of hydrogen-bond donors (Lipinski definition) is 1. The van der Waals surface area contributed by atoms with E-state index in [4.69, 9.17) is 9.52 Å². The van der Waals surface area contributed by atoms with Gasteiger partial charge in [-0.25, -0.2) is 0 Å². The zero-order valence-electron chi connectivity index (χ0n) is 8.77. The zero-order valence-corrected chi connectivity index (χ0v) is 8.77. The van der Waals surface area contributed by atoms with Gasteiger partial charge in [-0.3, -0.25) is 4.79 Å². The van der Waals surface area contributed by atoms with Crippen LogP contribution in [0, 0.1) is 0 Å². The number of carboxylic acids is 1. The lowest BCUT2D eigenvalue weighted by atomic mass is 10.1. The first-order valence-corrected chi connectivity index (χ1v) is 5.46. The Morgan fingerprint density at radius 2 is 2.25 bits per heavy atom. The Morgan fingerprint density at radius 3 is 2.94 bits per heavy atom. The second kappa shape index (κ2) is 3.37. The highest BCUT2D eigenvalue weighted by Gasteiger charge is 2.26. The summed E-state index contributed by atoms with van der Waals surface area (Å²) >= 11 is 0. The van der Waals surface area contributed by atoms with Gasteiger partial charge in [0.2, 0.25) is 0 Å². The second-order valence-electron chi connectivity index (χ2n) is 4.37. The van der Waals surface area contributed by atoms with Gasteiger partial charge in [-0.05, 0) is 30.4 Å². The molecule has 2 aromatic rings. The molecule has 0 unspecified atom stereocenters. The van der Waals surface area contributed by atoms with Crippen molar-refractivity contribution >= 4 is 16.9 Å². The molecule has 3 heteroatoms. The predicted molar refractivity (Wildman–Crippen MR) is 59.5 cm³/mol. The molecule has 0 radical (unpaired) electrons. The molecule has 1 aromatic carbocycles. The molecule has 3 rings (SSSR count). The first kappa shape index (κ1) is 9.46. The van der Waals surface area contributed by atoms with Gasteiger partial charge in [-0.15, -0.1) is 0 Å². The first-order valence-electron chi connectivity index (χ1n) is 5.46. The smallest absolute Gasteiger partial charge is 0.307 e. The third kappa shape index (κ3) is 1.58. The molecule has 0 spiro atoms. The molecule has 82 valence electrons. The van der Waals surface area contributed by atoms with Crippen LogP contribution in [0.3, 0.4) is 0 Å². The fourth-order valence-electron chi connectivity index (χ4n) is 2.09. The van der Waals surface area contributed by atoms with Crippen LogP contribution < -0.4 is 0 Å². The molecule has 1 N–H and O–H groups in total. The molecule has 1 fully saturated rings. The van der Waals surface area contributed by atoms with E-state index in [1.807, 2.05) is 24.5 Å². The maximum Gasteiger partial charge on any atom is 0.307 e. The lowest BCUT2D eigenvalue weighted by Crippen LogP contribution is -1.99. The summed E-state index contributed by atoms with van der Waals surface area (Å²) < 4.78 is 5.48. The van der Waals surface area contributed by atoms with Crippen LogP contribution in [0.4, 0.5) is 0 Å². The van der Waals surface area contributed by atoms with Gasteiger partial charge in [0.05, 0.1) is 12.7 Å². The average Bonchev–Trinajstić information content (AvgIpc) is 2.98. The highest BCUT2D eigenvalue weighted by atomic mass is 16.4. The van der Waals surface area contributed by atoms with Crippen LogP contribution in [0.1, 0.15) is 29.9 Å². The van der Waals surface area contributed by atoms with Crippen LogP contribution in [0.25, 0.3) is 11.0 Å². The SMILES string of the molecule is O=C(O)Cc1ccc2c(C3CC3)coc2c1. The standard InChI is InChI=1S/C13H12O3/c14-13(15)6-8-1-4-10-11(9-2-3-9)7-16-12(10)5-8/h1,4-5,7,9H,2-3,6H2,(H,14,15). The summed E-state index contributed by atoms with van der Waals surface area (Å²) in [6.45, 7) is 0. The molecular formula is C13H12O3. The highest BCUT2D eigenvalue weighted by molar-refractivity contribution is 5.83. The van der Waals surface area contributed by atoms with E-state index in [-0.39, 0.29) is 6.42 Å². The third-order valence-corrected chi connectivity index (χ3v) is 3.04. The number of carbonyl (C=O) groups is 1. The van der Waals surface area contributed by atoms with Gasteiger partial charge in [0.25, 0.3) is 0 Å². The van der Waals surface area contributed by atoms with Crippen LogP contribution in [0.2, 0.25) is 0 Å². The van der Waals surface area contributed by atoms with Crippen LogP contribution >= 0.6 is 0 Å². The summed E-state index contributed by atoms with van der Waals surface area (Å²) in [6, 6.07) is 5.68. The number of benzene rings is 1. The summed E-state index contributed by atoms with van der Waals surface area (Å²) in [4.78, 5) is 10.6. The number of fused-ring (bicyclic) bond motifs is 1. The maximum atomic E-state index is 10.6. The minimum absolute atomic E-state index is 0.0510. The topological polar surface area (TPSA) is 50.4 Å². The molecule has 3 nitrogen and oxygen atoms in total. The largest absolute Gasteiger partial charge is 0.481 e. The third-order valence-electron chi connectivity index (χ3n) is 3.04. The fourth-order valence-corrected chi connectivity index (χ4v) is 2.09. The van der Waals surface area contributed by atoms with Gasteiger partial charge in [0, 0.05) is 10.9 Å². The van der Waals surface area contributed by atoms with Crippen molar-refractivity contribution in [3.8, 4) is 0 Å². The van der Waals surface area contributed by atoms with Crippen molar-refractivity contribution in [2.24, 2.45) is 0 Å². The molecule has 1 saturated carbocycles. The van der Waals surface area contributed by atoms with Gasteiger partial charge in [-0.2, -0.15) is 0 Å². The minimum atomic E-state index is -0.812. The van der Waals surface area contributed by atoms with Crippen LogP contribution in [0.15, 0.2) is 28.9 Å². The van der Waals surface area contributed by atoms with Crippen LogP contribution in [-0.2, 0) is 11.2 Å². The van der Waals surface area contributed by atoms with E-state index in [2.05, 4.69) is 0 Å². The van der Waals surface area contributed by atoms with E-state index in [0.29, 0.717) is 5.92 Å². The fraction of sp³-hybridized carbons (Fsp3) is 0.308. The minimum Gasteiger partial charge on any atom is -0.481 e. The molecule has 1 heterocycles. The van der Waals surface area contributed by atoms with Crippen molar-refractivity contribution in [1.29, 1.82) is 0 Å².